The summed E-state index contributed by atoms with van der Waals surface area (Å²) in [6.45, 7) is 6.25. The van der Waals surface area contributed by atoms with Crippen molar-refractivity contribution in [1.29, 1.82) is 0 Å². The Kier molecular flexibility index (Phi) is 3.78. The van der Waals surface area contributed by atoms with Crippen LogP contribution in [-0.2, 0) is 10.3 Å². The Labute approximate surface area is 146 Å². The number of aryl methyl sites for hydroxylation is 2. The molecule has 0 saturated carbocycles. The third-order valence-electron chi connectivity index (χ3n) is 4.92. The molecule has 0 unspecified atom stereocenters. The fourth-order valence-electron chi connectivity index (χ4n) is 3.48. The average molecular weight is 335 g/mol. The summed E-state index contributed by atoms with van der Waals surface area (Å²) < 4.78 is 5.53. The Morgan fingerprint density at radius 3 is 2.60 bits per heavy atom. The van der Waals surface area contributed by atoms with Crippen molar-refractivity contribution in [3.8, 4) is 11.3 Å². The lowest BCUT2D eigenvalue weighted by Crippen LogP contribution is -2.26. The zero-order valence-electron chi connectivity index (χ0n) is 14.7. The molecule has 1 aliphatic rings. The number of aromatic nitrogens is 3. The largest absolute Gasteiger partial charge is 0.383 e. The van der Waals surface area contributed by atoms with Crippen molar-refractivity contribution in [2.45, 2.75) is 38.9 Å². The van der Waals surface area contributed by atoms with Crippen LogP contribution in [0.3, 0.4) is 0 Å². The maximum atomic E-state index is 10.8. The van der Waals surface area contributed by atoms with Gasteiger partial charge in [-0.3, -0.25) is 15.0 Å². The molecule has 0 aromatic carbocycles. The molecule has 0 amide bonds. The van der Waals surface area contributed by atoms with E-state index < -0.39 is 5.60 Å². The van der Waals surface area contributed by atoms with Crippen molar-refractivity contribution in [2.75, 3.05) is 6.61 Å². The molecule has 1 N–H and O–H groups in total. The lowest BCUT2D eigenvalue weighted by Gasteiger charge is -2.21. The molecule has 4 rings (SSSR count). The molecule has 0 spiro atoms. The summed E-state index contributed by atoms with van der Waals surface area (Å²) in [5.74, 6) is 0. The van der Waals surface area contributed by atoms with Crippen LogP contribution in [0.25, 0.3) is 22.0 Å². The molecule has 0 aliphatic carbocycles. The first-order valence-corrected chi connectivity index (χ1v) is 8.49. The van der Waals surface area contributed by atoms with E-state index in [4.69, 9.17) is 4.74 Å². The van der Waals surface area contributed by atoms with Gasteiger partial charge in [-0.05, 0) is 38.3 Å². The summed E-state index contributed by atoms with van der Waals surface area (Å²) in [5.41, 5.74) is 3.57. The Bertz CT molecular complexity index is 940. The molecular weight excluding hydrogens is 314 g/mol. The van der Waals surface area contributed by atoms with Crippen molar-refractivity contribution in [2.24, 2.45) is 0 Å². The molecule has 4 heterocycles. The average Bonchev–Trinajstić information content (AvgIpc) is 2.95. The van der Waals surface area contributed by atoms with Gasteiger partial charge in [-0.1, -0.05) is 6.07 Å². The maximum absolute atomic E-state index is 10.8. The number of ether oxygens (including phenoxy) is 1. The molecule has 25 heavy (non-hydrogen) atoms. The number of aliphatic hydroxyl groups is 1. The van der Waals surface area contributed by atoms with Crippen LogP contribution < -0.4 is 0 Å². The highest BCUT2D eigenvalue weighted by Crippen LogP contribution is 2.35. The van der Waals surface area contributed by atoms with Gasteiger partial charge >= 0.3 is 0 Å². The van der Waals surface area contributed by atoms with Crippen molar-refractivity contribution in [3.05, 3.63) is 53.7 Å². The standard InChI is InChI=1S/C20H21N3O2/c1-12-6-16-17(9-21-12)14(3)22-10-18(16)19-5-4-15(8-23-19)20(24)7-13(2)25-11-20/h4-6,8-10,13,24H,7,11H2,1-3H3/t13-,20+/m0/s1. The number of hydrogen-bond acceptors (Lipinski definition) is 5. The van der Waals surface area contributed by atoms with Gasteiger partial charge in [-0.2, -0.15) is 0 Å². The van der Waals surface area contributed by atoms with E-state index in [0.717, 1.165) is 39.0 Å². The molecule has 128 valence electrons. The van der Waals surface area contributed by atoms with Crippen molar-refractivity contribution < 1.29 is 9.84 Å². The van der Waals surface area contributed by atoms with Crippen molar-refractivity contribution in [1.82, 2.24) is 15.0 Å². The molecule has 3 aromatic heterocycles. The van der Waals surface area contributed by atoms with Crippen molar-refractivity contribution in [3.63, 3.8) is 0 Å². The van der Waals surface area contributed by atoms with E-state index in [1.54, 1.807) is 6.20 Å². The van der Waals surface area contributed by atoms with E-state index in [0.29, 0.717) is 13.0 Å². The predicted octanol–water partition coefficient (Wildman–Crippen LogP) is 3.31. The van der Waals surface area contributed by atoms with E-state index >= 15 is 0 Å². The quantitative estimate of drug-likeness (QED) is 0.778. The van der Waals surface area contributed by atoms with Gasteiger partial charge in [-0.15, -0.1) is 0 Å². The first kappa shape index (κ1) is 16.1. The van der Waals surface area contributed by atoms with Crippen LogP contribution in [0, 0.1) is 13.8 Å². The topological polar surface area (TPSA) is 68.1 Å². The first-order chi connectivity index (χ1) is 12.0. The third-order valence-corrected chi connectivity index (χ3v) is 4.92. The van der Waals surface area contributed by atoms with Gasteiger partial charge in [0.1, 0.15) is 5.60 Å². The lowest BCUT2D eigenvalue weighted by molar-refractivity contribution is 0.0191. The molecule has 5 heteroatoms. The highest BCUT2D eigenvalue weighted by Gasteiger charge is 2.38. The first-order valence-electron chi connectivity index (χ1n) is 8.49. The summed E-state index contributed by atoms with van der Waals surface area (Å²) in [7, 11) is 0. The summed E-state index contributed by atoms with van der Waals surface area (Å²) >= 11 is 0. The number of rotatable bonds is 2. The zero-order valence-corrected chi connectivity index (χ0v) is 14.7. The smallest absolute Gasteiger partial charge is 0.117 e. The Hall–Kier alpha value is -2.37. The van der Waals surface area contributed by atoms with Crippen LogP contribution in [0.5, 0.6) is 0 Å². The molecule has 1 aliphatic heterocycles. The van der Waals surface area contributed by atoms with E-state index in [1.165, 1.54) is 0 Å². The summed E-state index contributed by atoms with van der Waals surface area (Å²) in [4.78, 5) is 13.5. The molecule has 5 nitrogen and oxygen atoms in total. The van der Waals surface area contributed by atoms with Crippen LogP contribution in [0.2, 0.25) is 0 Å². The monoisotopic (exact) mass is 335 g/mol. The summed E-state index contributed by atoms with van der Waals surface area (Å²) in [5, 5.41) is 12.9. The van der Waals surface area contributed by atoms with E-state index in [2.05, 4.69) is 21.0 Å². The normalized spacial score (nSPS) is 23.3. The van der Waals surface area contributed by atoms with Gasteiger partial charge in [0.15, 0.2) is 0 Å². The minimum Gasteiger partial charge on any atom is -0.383 e. The number of fused-ring (bicyclic) bond motifs is 1. The number of hydrogen-bond donors (Lipinski definition) is 1. The minimum atomic E-state index is -0.945. The summed E-state index contributed by atoms with van der Waals surface area (Å²) in [6, 6.07) is 5.94. The fraction of sp³-hybridized carbons (Fsp3) is 0.350. The molecule has 0 radical (unpaired) electrons. The van der Waals surface area contributed by atoms with Gasteiger partial charge in [0.2, 0.25) is 0 Å². The Balaban J connectivity index is 1.77. The van der Waals surface area contributed by atoms with Gasteiger partial charge in [-0.25, -0.2) is 0 Å². The zero-order chi connectivity index (χ0) is 17.6. The third kappa shape index (κ3) is 2.79. The number of nitrogens with zero attached hydrogens (tertiary/aromatic N) is 3. The highest BCUT2D eigenvalue weighted by atomic mass is 16.5. The van der Waals surface area contributed by atoms with Crippen molar-refractivity contribution >= 4 is 10.8 Å². The van der Waals surface area contributed by atoms with Crippen LogP contribution in [0.4, 0.5) is 0 Å². The van der Waals surface area contributed by atoms with Crippen LogP contribution in [0.1, 0.15) is 30.3 Å². The lowest BCUT2D eigenvalue weighted by atomic mass is 9.92. The van der Waals surface area contributed by atoms with E-state index in [1.807, 2.05) is 45.3 Å². The molecule has 3 aromatic rings. The van der Waals surface area contributed by atoms with Gasteiger partial charge in [0.05, 0.1) is 18.4 Å². The van der Waals surface area contributed by atoms with Gasteiger partial charge < -0.3 is 9.84 Å². The van der Waals surface area contributed by atoms with Crippen LogP contribution >= 0.6 is 0 Å². The Morgan fingerprint density at radius 1 is 1.08 bits per heavy atom. The molecule has 0 bridgehead atoms. The second-order valence-corrected chi connectivity index (χ2v) is 6.92. The number of pyridine rings is 3. The molecule has 2 atom stereocenters. The van der Waals surface area contributed by atoms with Crippen LogP contribution in [0.15, 0.2) is 36.8 Å². The van der Waals surface area contributed by atoms with Crippen LogP contribution in [-0.4, -0.2) is 32.8 Å². The summed E-state index contributed by atoms with van der Waals surface area (Å²) in [6.07, 6.45) is 6.12. The fourth-order valence-corrected chi connectivity index (χ4v) is 3.48. The highest BCUT2D eigenvalue weighted by molar-refractivity contribution is 5.96. The molecule has 1 fully saturated rings. The van der Waals surface area contributed by atoms with Gasteiger partial charge in [0, 0.05) is 52.9 Å². The second kappa shape index (κ2) is 5.86. The predicted molar refractivity (Wildman–Crippen MR) is 96.2 cm³/mol. The van der Waals surface area contributed by atoms with Gasteiger partial charge in [0.25, 0.3) is 0 Å². The van der Waals surface area contributed by atoms with E-state index in [9.17, 15) is 5.11 Å². The Morgan fingerprint density at radius 2 is 1.92 bits per heavy atom. The minimum absolute atomic E-state index is 0.0605. The maximum Gasteiger partial charge on any atom is 0.117 e. The molecular formula is C20H21N3O2. The molecule has 1 saturated heterocycles. The van der Waals surface area contributed by atoms with E-state index in [-0.39, 0.29) is 6.10 Å². The second-order valence-electron chi connectivity index (χ2n) is 6.92. The SMILES string of the molecule is Cc1cc2c(-c3ccc([C@]4(O)CO[C@@H](C)C4)cn3)cnc(C)c2cn1.